The number of H-pyrrole nitrogens is 1. The van der Waals surface area contributed by atoms with Gasteiger partial charge in [0.2, 0.25) is 12.4 Å². The lowest BCUT2D eigenvalue weighted by Gasteiger charge is -2.22. The summed E-state index contributed by atoms with van der Waals surface area (Å²) in [6.07, 6.45) is -0.0290. The summed E-state index contributed by atoms with van der Waals surface area (Å²) in [5.74, 6) is -1.55. The SMILES string of the molecule is COC(OC(C)P(=O)(O)O)n1cnc2c(=O)[nH]c(N)nc21. The van der Waals surface area contributed by atoms with Gasteiger partial charge in [-0.15, -0.1) is 0 Å². The Balaban J connectivity index is 2.44. The Morgan fingerprint density at radius 2 is 2.19 bits per heavy atom. The van der Waals surface area contributed by atoms with Crippen molar-refractivity contribution in [2.24, 2.45) is 0 Å². The van der Waals surface area contributed by atoms with Gasteiger partial charge in [-0.2, -0.15) is 4.98 Å². The lowest BCUT2D eigenvalue weighted by atomic mass is 10.5. The lowest BCUT2D eigenvalue weighted by molar-refractivity contribution is -0.183. The van der Waals surface area contributed by atoms with Gasteiger partial charge in [-0.25, -0.2) is 4.98 Å². The van der Waals surface area contributed by atoms with Crippen LogP contribution in [0, 0.1) is 0 Å². The number of aromatic amines is 1. The van der Waals surface area contributed by atoms with Gasteiger partial charge in [-0.1, -0.05) is 0 Å². The number of nitrogens with zero attached hydrogens (tertiary/aromatic N) is 3. The molecule has 2 aromatic heterocycles. The largest absolute Gasteiger partial charge is 0.369 e. The number of hydrogen-bond acceptors (Lipinski definition) is 7. The molecule has 0 amide bonds. The zero-order chi connectivity index (χ0) is 15.8. The molecule has 0 saturated heterocycles. The average molecular weight is 319 g/mol. The zero-order valence-electron chi connectivity index (χ0n) is 11.1. The number of anilines is 1. The molecule has 12 heteroatoms. The van der Waals surface area contributed by atoms with E-state index in [1.807, 2.05) is 0 Å². The van der Waals surface area contributed by atoms with Crippen molar-refractivity contribution in [1.82, 2.24) is 19.5 Å². The zero-order valence-corrected chi connectivity index (χ0v) is 12.0. The standard InChI is InChI=1S/C9H14N5O6P/c1-4(21(16,17)18)20-9(19-2)14-3-11-5-6(14)12-8(10)13-7(5)15/h3-4,9H,1-2H3,(H2,16,17,18)(H3,10,12,13,15). The molecule has 0 aromatic carbocycles. The highest BCUT2D eigenvalue weighted by atomic mass is 31.2. The van der Waals surface area contributed by atoms with Gasteiger partial charge in [0.25, 0.3) is 5.56 Å². The van der Waals surface area contributed by atoms with Gasteiger partial charge in [-0.05, 0) is 6.92 Å². The van der Waals surface area contributed by atoms with Gasteiger partial charge in [-0.3, -0.25) is 18.9 Å². The van der Waals surface area contributed by atoms with Crippen LogP contribution in [-0.4, -0.2) is 42.3 Å². The van der Waals surface area contributed by atoms with E-state index in [2.05, 4.69) is 15.0 Å². The van der Waals surface area contributed by atoms with E-state index in [4.69, 9.17) is 25.0 Å². The second-order valence-electron chi connectivity index (χ2n) is 4.14. The molecule has 2 aromatic rings. The van der Waals surface area contributed by atoms with E-state index in [1.54, 1.807) is 0 Å². The molecule has 116 valence electrons. The van der Waals surface area contributed by atoms with Crippen molar-refractivity contribution in [2.45, 2.75) is 19.2 Å². The number of imidazole rings is 1. The van der Waals surface area contributed by atoms with Gasteiger partial charge in [0.15, 0.2) is 17.0 Å². The van der Waals surface area contributed by atoms with E-state index in [0.717, 1.165) is 0 Å². The van der Waals surface area contributed by atoms with Crippen LogP contribution in [0.3, 0.4) is 0 Å². The molecule has 0 aliphatic rings. The van der Waals surface area contributed by atoms with Crippen LogP contribution in [0.4, 0.5) is 5.95 Å². The smallest absolute Gasteiger partial charge is 0.353 e. The van der Waals surface area contributed by atoms with Crippen molar-refractivity contribution < 1.29 is 23.8 Å². The molecule has 2 rings (SSSR count). The molecule has 2 atom stereocenters. The second-order valence-corrected chi connectivity index (χ2v) is 6.05. The first-order valence-corrected chi connectivity index (χ1v) is 7.38. The van der Waals surface area contributed by atoms with E-state index < -0.39 is 25.4 Å². The first kappa shape index (κ1) is 15.6. The number of fused-ring (bicyclic) bond motifs is 1. The number of hydrogen-bond donors (Lipinski definition) is 4. The van der Waals surface area contributed by atoms with Gasteiger partial charge in [0, 0.05) is 7.11 Å². The molecule has 2 unspecified atom stereocenters. The molecule has 0 radical (unpaired) electrons. The monoisotopic (exact) mass is 319 g/mol. The molecule has 0 fully saturated rings. The summed E-state index contributed by atoms with van der Waals surface area (Å²) in [6.45, 7) is 1.19. The molecule has 11 nitrogen and oxygen atoms in total. The minimum atomic E-state index is -4.45. The molecule has 5 N–H and O–H groups in total. The van der Waals surface area contributed by atoms with E-state index >= 15 is 0 Å². The Hall–Kier alpha value is -1.78. The Bertz CT molecular complexity index is 751. The predicted molar refractivity (Wildman–Crippen MR) is 71.2 cm³/mol. The van der Waals surface area contributed by atoms with Gasteiger partial charge < -0.3 is 25.0 Å². The van der Waals surface area contributed by atoms with Crippen LogP contribution in [0.15, 0.2) is 11.1 Å². The Labute approximate surface area is 117 Å². The number of aromatic nitrogens is 4. The fourth-order valence-corrected chi connectivity index (χ4v) is 1.84. The number of nitrogens with two attached hydrogens (primary N) is 1. The molecular formula is C9H14N5O6P. The summed E-state index contributed by atoms with van der Waals surface area (Å²) >= 11 is 0. The van der Waals surface area contributed by atoms with Crippen LogP contribution in [0.5, 0.6) is 0 Å². The Morgan fingerprint density at radius 3 is 2.76 bits per heavy atom. The highest BCUT2D eigenvalue weighted by molar-refractivity contribution is 7.52. The summed E-state index contributed by atoms with van der Waals surface area (Å²) in [7, 11) is -3.19. The third-order valence-electron chi connectivity index (χ3n) is 2.67. The number of methoxy groups -OCH3 is 1. The topological polar surface area (TPSA) is 166 Å². The van der Waals surface area contributed by atoms with E-state index in [9.17, 15) is 9.36 Å². The van der Waals surface area contributed by atoms with E-state index in [1.165, 1.54) is 24.9 Å². The maximum atomic E-state index is 11.6. The van der Waals surface area contributed by atoms with Gasteiger partial charge in [0.1, 0.15) is 6.33 Å². The quantitative estimate of drug-likeness (QED) is 0.413. The summed E-state index contributed by atoms with van der Waals surface area (Å²) in [6, 6.07) is 0. The minimum absolute atomic E-state index is 0.00122. The molecule has 0 aliphatic heterocycles. The van der Waals surface area contributed by atoms with Crippen LogP contribution in [0.2, 0.25) is 0 Å². The van der Waals surface area contributed by atoms with E-state index in [-0.39, 0.29) is 17.1 Å². The first-order valence-electron chi connectivity index (χ1n) is 5.70. The first-order chi connectivity index (χ1) is 9.74. The summed E-state index contributed by atoms with van der Waals surface area (Å²) < 4.78 is 22.5. The third-order valence-corrected chi connectivity index (χ3v) is 3.74. The maximum Gasteiger partial charge on any atom is 0.353 e. The molecule has 0 saturated carbocycles. The Kier molecular flexibility index (Phi) is 4.12. The normalized spacial score (nSPS) is 15.2. The lowest BCUT2D eigenvalue weighted by Crippen LogP contribution is -2.21. The average Bonchev–Trinajstić information content (AvgIpc) is 2.78. The second kappa shape index (κ2) is 5.54. The van der Waals surface area contributed by atoms with Crippen LogP contribution in [0.25, 0.3) is 11.2 Å². The van der Waals surface area contributed by atoms with Crippen molar-refractivity contribution in [3.63, 3.8) is 0 Å². The van der Waals surface area contributed by atoms with Gasteiger partial charge >= 0.3 is 7.60 Å². The summed E-state index contributed by atoms with van der Waals surface area (Å²) in [4.78, 5) is 39.8. The Morgan fingerprint density at radius 1 is 1.52 bits per heavy atom. The fraction of sp³-hybridized carbons (Fsp3) is 0.444. The molecule has 21 heavy (non-hydrogen) atoms. The number of nitrogen functional groups attached to an aromatic ring is 1. The molecular weight excluding hydrogens is 305 g/mol. The number of rotatable bonds is 5. The molecule has 0 bridgehead atoms. The minimum Gasteiger partial charge on any atom is -0.369 e. The van der Waals surface area contributed by atoms with Crippen LogP contribution >= 0.6 is 7.60 Å². The van der Waals surface area contributed by atoms with Crippen molar-refractivity contribution in [3.8, 4) is 0 Å². The summed E-state index contributed by atoms with van der Waals surface area (Å²) in [5.41, 5.74) is 4.97. The van der Waals surface area contributed by atoms with Crippen molar-refractivity contribution in [2.75, 3.05) is 12.8 Å². The van der Waals surface area contributed by atoms with Crippen LogP contribution in [-0.2, 0) is 14.0 Å². The van der Waals surface area contributed by atoms with Crippen LogP contribution in [0.1, 0.15) is 13.3 Å². The highest BCUT2D eigenvalue weighted by Gasteiger charge is 2.29. The maximum absolute atomic E-state index is 11.6. The number of nitrogens with one attached hydrogen (secondary N) is 1. The third kappa shape index (κ3) is 3.12. The van der Waals surface area contributed by atoms with E-state index in [0.29, 0.717) is 0 Å². The number of ether oxygens (including phenoxy) is 2. The van der Waals surface area contributed by atoms with Crippen molar-refractivity contribution in [1.29, 1.82) is 0 Å². The fourth-order valence-electron chi connectivity index (χ4n) is 1.58. The highest BCUT2D eigenvalue weighted by Crippen LogP contribution is 2.43. The summed E-state index contributed by atoms with van der Waals surface area (Å²) in [5, 5.41) is 0. The van der Waals surface area contributed by atoms with Crippen molar-refractivity contribution >= 4 is 24.7 Å². The predicted octanol–water partition coefficient (Wildman–Crippen LogP) is -0.655. The van der Waals surface area contributed by atoms with Crippen LogP contribution < -0.4 is 11.3 Å². The van der Waals surface area contributed by atoms with Gasteiger partial charge in [0.05, 0.1) is 0 Å². The molecule has 2 heterocycles. The molecule has 0 aliphatic carbocycles. The van der Waals surface area contributed by atoms with Crippen molar-refractivity contribution in [3.05, 3.63) is 16.7 Å². The molecule has 0 spiro atoms.